The quantitative estimate of drug-likeness (QED) is 0.0296. The molecular formula is C63H75BN6O3Ru+3. The Hall–Kier alpha value is -6.69. The zero-order valence-electron chi connectivity index (χ0n) is 42.6. The second-order valence-electron chi connectivity index (χ2n) is 17.2. The van der Waals surface area contributed by atoms with E-state index in [-0.39, 0.29) is 56.4 Å². The summed E-state index contributed by atoms with van der Waals surface area (Å²) in [6.45, 7) is 1.10. The Morgan fingerprint density at radius 2 is 0.338 bits per heavy atom. The van der Waals surface area contributed by atoms with E-state index >= 15 is 0 Å². The van der Waals surface area contributed by atoms with Crippen molar-refractivity contribution in [3.05, 3.63) is 323 Å². The Kier molecular flexibility index (Phi) is 26.7. The molecule has 0 unspecified atom stereocenters. The average Bonchev–Trinajstić information content (AvgIpc) is 3.42. The Morgan fingerprint density at radius 3 is 0.459 bits per heavy atom. The largest absolute Gasteiger partial charge is 3.00 e. The van der Waals surface area contributed by atoms with Crippen LogP contribution in [0.15, 0.2) is 273 Å². The van der Waals surface area contributed by atoms with Gasteiger partial charge in [0.05, 0.1) is 0 Å². The predicted molar refractivity (Wildman–Crippen MR) is 305 cm³/mol. The summed E-state index contributed by atoms with van der Waals surface area (Å²) in [5.74, 6) is 0. The molecule has 9 aromatic carbocycles. The Morgan fingerprint density at radius 1 is 0.216 bits per heavy atom. The van der Waals surface area contributed by atoms with Gasteiger partial charge in [-0.1, -0.05) is 273 Å². The molecule has 0 aliphatic rings. The zero-order valence-corrected chi connectivity index (χ0v) is 44.4. The van der Waals surface area contributed by atoms with Gasteiger partial charge in [0, 0.05) is 36.1 Å². The fourth-order valence-electron chi connectivity index (χ4n) is 10.4. The first-order valence-corrected chi connectivity index (χ1v) is 23.6. The molecule has 0 fully saturated rings. The molecule has 383 valence electrons. The van der Waals surface area contributed by atoms with Crippen LogP contribution in [0.25, 0.3) is 0 Å². The van der Waals surface area contributed by atoms with Crippen molar-refractivity contribution in [2.75, 3.05) is 19.8 Å². The molecule has 0 aliphatic carbocycles. The molecule has 11 heteroatoms. The number of benzene rings is 9. The molecule has 9 rings (SSSR count). The molecule has 0 atom stereocenters. The molecule has 0 heterocycles. The maximum absolute atomic E-state index is 6.98. The van der Waals surface area contributed by atoms with Crippen molar-refractivity contribution >= 4 is 7.32 Å². The minimum absolute atomic E-state index is 0. The summed E-state index contributed by atoms with van der Waals surface area (Å²) < 4.78 is 20.9. The zero-order chi connectivity index (χ0) is 45.5. The van der Waals surface area contributed by atoms with Gasteiger partial charge in [-0.05, 0) is 69.3 Å². The third-order valence-electron chi connectivity index (χ3n) is 13.6. The van der Waals surface area contributed by atoms with Gasteiger partial charge in [0.2, 0.25) is 0 Å². The first kappa shape index (κ1) is 63.4. The molecule has 74 heavy (non-hydrogen) atoms. The third kappa shape index (κ3) is 13.7. The molecule has 0 saturated heterocycles. The topological polar surface area (TPSA) is 238 Å². The maximum Gasteiger partial charge on any atom is 3.00 e. The van der Waals surface area contributed by atoms with Gasteiger partial charge in [-0.2, -0.15) is 0 Å². The molecular weight excluding hydrogens is 1000 g/mol. The molecule has 0 bridgehead atoms. The fraction of sp³-hybridized carbons (Fsp3) is 0.143. The smallest absolute Gasteiger partial charge is 0.386 e. The number of hydrogen-bond acceptors (Lipinski definition) is 9. The van der Waals surface area contributed by atoms with Crippen molar-refractivity contribution in [2.24, 2.45) is 0 Å². The summed E-state index contributed by atoms with van der Waals surface area (Å²) in [5, 5.41) is 0. The monoisotopic (exact) mass is 1080 g/mol. The SMILES string of the molecule is N.N.N.N.N.N.[Ru+3].c1ccc(C(CCOB(OCCC(c2ccccc2)(c2ccccc2)c2ccccc2)OCCC(c2ccccc2)(c2ccccc2)c2ccccc2)(c2ccccc2)c2ccccc2)cc1. The van der Waals surface area contributed by atoms with Crippen LogP contribution in [0.1, 0.15) is 69.3 Å². The maximum atomic E-state index is 6.98. The third-order valence-corrected chi connectivity index (χ3v) is 13.6. The van der Waals surface area contributed by atoms with Crippen LogP contribution in [-0.4, -0.2) is 27.1 Å². The normalized spacial score (nSPS) is 10.7. The van der Waals surface area contributed by atoms with Crippen LogP contribution in [0.3, 0.4) is 0 Å². The minimum atomic E-state index is -0.958. The van der Waals surface area contributed by atoms with E-state index in [1.54, 1.807) is 0 Å². The van der Waals surface area contributed by atoms with E-state index in [1.165, 1.54) is 50.1 Å². The predicted octanol–water partition coefficient (Wildman–Crippen LogP) is 15.3. The molecule has 9 aromatic rings. The van der Waals surface area contributed by atoms with Crippen molar-refractivity contribution in [2.45, 2.75) is 35.5 Å². The van der Waals surface area contributed by atoms with Crippen LogP contribution in [0.2, 0.25) is 0 Å². The molecule has 0 amide bonds. The van der Waals surface area contributed by atoms with E-state index in [4.69, 9.17) is 14.0 Å². The van der Waals surface area contributed by atoms with E-state index in [9.17, 15) is 0 Å². The van der Waals surface area contributed by atoms with Crippen molar-refractivity contribution in [1.82, 2.24) is 36.9 Å². The molecule has 0 saturated carbocycles. The van der Waals surface area contributed by atoms with Gasteiger partial charge >= 0.3 is 26.8 Å². The van der Waals surface area contributed by atoms with E-state index < -0.39 is 23.6 Å². The Balaban J connectivity index is 0.00000268. The number of hydrogen-bond donors (Lipinski definition) is 6. The van der Waals surface area contributed by atoms with Crippen molar-refractivity contribution in [3.63, 3.8) is 0 Å². The van der Waals surface area contributed by atoms with Crippen molar-refractivity contribution in [1.29, 1.82) is 0 Å². The van der Waals surface area contributed by atoms with Crippen molar-refractivity contribution < 1.29 is 33.4 Å². The summed E-state index contributed by atoms with van der Waals surface area (Å²) in [5.41, 5.74) is 9.30. The van der Waals surface area contributed by atoms with Crippen molar-refractivity contribution in [3.8, 4) is 0 Å². The summed E-state index contributed by atoms with van der Waals surface area (Å²) in [6, 6.07) is 97.2. The average molecular weight is 1080 g/mol. The minimum Gasteiger partial charge on any atom is -0.386 e. The summed E-state index contributed by atoms with van der Waals surface area (Å²) in [6.07, 6.45) is 1.95. The fourth-order valence-corrected chi connectivity index (χ4v) is 10.4. The van der Waals surface area contributed by atoms with E-state index in [0.29, 0.717) is 39.1 Å². The molecule has 18 N–H and O–H groups in total. The van der Waals surface area contributed by atoms with Gasteiger partial charge < -0.3 is 50.9 Å². The first-order chi connectivity index (χ1) is 33.2. The second kappa shape index (κ2) is 31.1. The standard InChI is InChI=1S/C63H57BO3.6H3N.Ru/c1-10-28-52(29-11-1)61(53-30-12-2-13-31-53,54-32-14-3-15-33-54)46-49-65-64(66-50-47-62(55-34-16-4-17-35-55,56-36-18-5-19-37-56)57-38-20-6-21-39-57)67-51-48-63(58-40-22-7-23-41-58,59-42-24-8-25-43-59)60-44-26-9-27-45-60;;;;;;;/h1-45H,46-51H2;6*1H3;/q;;;;;;;+3. The molecule has 0 spiro atoms. The Bertz CT molecular complexity index is 2230. The summed E-state index contributed by atoms with van der Waals surface area (Å²) in [4.78, 5) is 0. The summed E-state index contributed by atoms with van der Waals surface area (Å²) in [7, 11) is -0.958. The Labute approximate surface area is 453 Å². The van der Waals surface area contributed by atoms with E-state index in [2.05, 4.69) is 273 Å². The van der Waals surface area contributed by atoms with Gasteiger partial charge in [0.25, 0.3) is 0 Å². The van der Waals surface area contributed by atoms with Gasteiger partial charge in [-0.15, -0.1) is 0 Å². The van der Waals surface area contributed by atoms with Crippen LogP contribution < -0.4 is 36.9 Å². The van der Waals surface area contributed by atoms with Crippen LogP contribution in [0, 0.1) is 0 Å². The van der Waals surface area contributed by atoms with Crippen LogP contribution in [0.4, 0.5) is 0 Å². The van der Waals surface area contributed by atoms with Gasteiger partial charge in [-0.3, -0.25) is 0 Å². The molecule has 1 radical (unpaired) electrons. The van der Waals surface area contributed by atoms with Crippen LogP contribution in [-0.2, 0) is 49.7 Å². The van der Waals surface area contributed by atoms with E-state index in [1.807, 2.05) is 0 Å². The van der Waals surface area contributed by atoms with Crippen LogP contribution >= 0.6 is 0 Å². The van der Waals surface area contributed by atoms with Gasteiger partial charge in [-0.25, -0.2) is 0 Å². The molecule has 0 aliphatic heterocycles. The van der Waals surface area contributed by atoms with Gasteiger partial charge in [0.1, 0.15) is 0 Å². The van der Waals surface area contributed by atoms with Gasteiger partial charge in [0.15, 0.2) is 0 Å². The first-order valence-electron chi connectivity index (χ1n) is 23.6. The number of rotatable bonds is 21. The molecule has 9 nitrogen and oxygen atoms in total. The summed E-state index contributed by atoms with van der Waals surface area (Å²) >= 11 is 0. The van der Waals surface area contributed by atoms with Crippen LogP contribution in [0.5, 0.6) is 0 Å². The second-order valence-corrected chi connectivity index (χ2v) is 17.2. The molecule has 0 aromatic heterocycles. The van der Waals surface area contributed by atoms with E-state index in [0.717, 1.165) is 0 Å².